The summed E-state index contributed by atoms with van der Waals surface area (Å²) in [6, 6.07) is 10.5. The van der Waals surface area contributed by atoms with Gasteiger partial charge in [-0.15, -0.1) is 0 Å². The lowest BCUT2D eigenvalue weighted by Gasteiger charge is -2.18. The Morgan fingerprint density at radius 1 is 1.19 bits per heavy atom. The van der Waals surface area contributed by atoms with Crippen LogP contribution in [0.5, 0.6) is 0 Å². The molecular weight excluding hydrogens is 455 g/mol. The van der Waals surface area contributed by atoms with Crippen molar-refractivity contribution in [3.63, 3.8) is 0 Å². The van der Waals surface area contributed by atoms with Gasteiger partial charge in [-0.2, -0.15) is 0 Å². The van der Waals surface area contributed by atoms with Gasteiger partial charge in [0.05, 0.1) is 5.56 Å². The molecule has 0 aliphatic heterocycles. The molecule has 6 nitrogen and oxygen atoms in total. The van der Waals surface area contributed by atoms with Gasteiger partial charge in [-0.25, -0.2) is 4.39 Å². The van der Waals surface area contributed by atoms with Crippen molar-refractivity contribution in [3.05, 3.63) is 101 Å². The van der Waals surface area contributed by atoms with Crippen molar-refractivity contribution < 1.29 is 14.0 Å². The van der Waals surface area contributed by atoms with Crippen LogP contribution < -0.4 is 16.0 Å². The minimum atomic E-state index is -0.695. The van der Waals surface area contributed by atoms with Gasteiger partial charge in [-0.3, -0.25) is 15.0 Å². The van der Waals surface area contributed by atoms with E-state index in [1.807, 2.05) is 32.9 Å². The van der Waals surface area contributed by atoms with Gasteiger partial charge in [0.2, 0.25) is 6.41 Å². The van der Waals surface area contributed by atoms with Crippen LogP contribution in [0.1, 0.15) is 37.0 Å². The number of carbonyl (C=O) groups is 2. The van der Waals surface area contributed by atoms with Gasteiger partial charge in [0.1, 0.15) is 11.5 Å². The summed E-state index contributed by atoms with van der Waals surface area (Å²) < 4.78 is 15.8. The molecule has 4 N–H and O–H groups in total. The van der Waals surface area contributed by atoms with E-state index in [9.17, 15) is 4.79 Å². The first-order chi connectivity index (χ1) is 17.2. The van der Waals surface area contributed by atoms with Gasteiger partial charge in [-0.05, 0) is 66.8 Å². The molecule has 0 aliphatic rings. The van der Waals surface area contributed by atoms with Crippen LogP contribution in [0.25, 0.3) is 5.57 Å². The third-order valence-corrected chi connectivity index (χ3v) is 5.30. The minimum Gasteiger partial charge on any atom is -0.387 e. The second-order valence-electron chi connectivity index (χ2n) is 7.67. The maximum Gasteiger partial charge on any atom is 0.274 e. The van der Waals surface area contributed by atoms with Crippen LogP contribution in [-0.2, 0) is 9.59 Å². The van der Waals surface area contributed by atoms with E-state index >= 15 is 4.39 Å². The van der Waals surface area contributed by atoms with Crippen molar-refractivity contribution >= 4 is 35.0 Å². The van der Waals surface area contributed by atoms with Crippen molar-refractivity contribution in [2.75, 3.05) is 24.7 Å². The Labute approximate surface area is 213 Å². The molecule has 2 aromatic rings. The van der Waals surface area contributed by atoms with E-state index < -0.39 is 17.4 Å². The minimum absolute atomic E-state index is 0.101. The van der Waals surface area contributed by atoms with E-state index in [4.69, 9.17) is 10.2 Å². The SMILES string of the molecule is C=C/C=C(\C(=C)/C(=C/C)CC)c1ccc(NC)c(C(=N)C(=O)Nc2cccc(C)c2)c1F.CNC=O. The highest BCUT2D eigenvalue weighted by molar-refractivity contribution is 6.48. The number of benzene rings is 2. The van der Waals surface area contributed by atoms with Crippen molar-refractivity contribution in [1.29, 1.82) is 5.41 Å². The van der Waals surface area contributed by atoms with Crippen molar-refractivity contribution in [3.8, 4) is 0 Å². The number of halogens is 1. The van der Waals surface area contributed by atoms with E-state index in [1.165, 1.54) is 0 Å². The molecule has 0 radical (unpaired) electrons. The fraction of sp³-hybridized carbons (Fsp3) is 0.207. The smallest absolute Gasteiger partial charge is 0.274 e. The van der Waals surface area contributed by atoms with Crippen molar-refractivity contribution in [2.45, 2.75) is 27.2 Å². The molecule has 0 saturated carbocycles. The topological polar surface area (TPSA) is 94.1 Å². The number of anilines is 2. The zero-order valence-corrected chi connectivity index (χ0v) is 21.6. The third kappa shape index (κ3) is 7.63. The number of carbonyl (C=O) groups excluding carboxylic acids is 2. The molecule has 0 heterocycles. The zero-order valence-electron chi connectivity index (χ0n) is 21.6. The average Bonchev–Trinajstić information content (AvgIpc) is 2.87. The average molecular weight is 491 g/mol. The molecule has 2 rings (SSSR count). The Bertz CT molecular complexity index is 1200. The summed E-state index contributed by atoms with van der Waals surface area (Å²) in [5.74, 6) is -1.36. The second kappa shape index (κ2) is 14.9. The zero-order chi connectivity index (χ0) is 27.3. The first-order valence-corrected chi connectivity index (χ1v) is 11.5. The molecule has 0 bridgehead atoms. The predicted molar refractivity (Wildman–Crippen MR) is 149 cm³/mol. The summed E-state index contributed by atoms with van der Waals surface area (Å²) in [6.45, 7) is 13.7. The molecule has 0 saturated heterocycles. The molecule has 0 fully saturated rings. The maximum atomic E-state index is 15.8. The van der Waals surface area contributed by atoms with Gasteiger partial charge in [0.15, 0.2) is 0 Å². The summed E-state index contributed by atoms with van der Waals surface area (Å²) in [5.41, 5.74) is 3.75. The van der Waals surface area contributed by atoms with E-state index in [0.717, 1.165) is 17.6 Å². The van der Waals surface area contributed by atoms with Crippen LogP contribution in [-0.4, -0.2) is 32.1 Å². The van der Waals surface area contributed by atoms with Crippen LogP contribution in [0.15, 0.2) is 78.9 Å². The molecular formula is C29H35FN4O2. The number of hydrogen-bond acceptors (Lipinski definition) is 4. The Balaban J connectivity index is 0.00000150. The molecule has 0 unspecified atom stereocenters. The highest BCUT2D eigenvalue weighted by atomic mass is 19.1. The highest BCUT2D eigenvalue weighted by Gasteiger charge is 2.24. The largest absolute Gasteiger partial charge is 0.387 e. The lowest BCUT2D eigenvalue weighted by atomic mass is 9.89. The number of hydrogen-bond donors (Lipinski definition) is 4. The predicted octanol–water partition coefficient (Wildman–Crippen LogP) is 6.03. The fourth-order valence-electron chi connectivity index (χ4n) is 3.50. The van der Waals surface area contributed by atoms with Crippen molar-refractivity contribution in [2.24, 2.45) is 0 Å². The third-order valence-electron chi connectivity index (χ3n) is 5.30. The first kappa shape index (κ1) is 29.8. The molecule has 2 amide bonds. The number of allylic oxidation sites excluding steroid dienone is 6. The van der Waals surface area contributed by atoms with Gasteiger partial charge in [-0.1, -0.05) is 50.4 Å². The van der Waals surface area contributed by atoms with Crippen LogP contribution in [0.3, 0.4) is 0 Å². The van der Waals surface area contributed by atoms with Crippen molar-refractivity contribution in [1.82, 2.24) is 5.32 Å². The molecule has 0 aliphatic carbocycles. The molecule has 0 atom stereocenters. The molecule has 7 heteroatoms. The first-order valence-electron chi connectivity index (χ1n) is 11.5. The Morgan fingerprint density at radius 2 is 1.86 bits per heavy atom. The fourth-order valence-corrected chi connectivity index (χ4v) is 3.50. The Morgan fingerprint density at radius 3 is 2.36 bits per heavy atom. The summed E-state index contributed by atoms with van der Waals surface area (Å²) in [6.07, 6.45) is 6.57. The Hall–Kier alpha value is -4.26. The Kier molecular flexibility index (Phi) is 12.3. The number of nitrogens with one attached hydrogen (secondary N) is 4. The second-order valence-corrected chi connectivity index (χ2v) is 7.67. The molecule has 0 spiro atoms. The lowest BCUT2D eigenvalue weighted by Crippen LogP contribution is -2.25. The van der Waals surface area contributed by atoms with Crippen LogP contribution in [0, 0.1) is 18.2 Å². The van der Waals surface area contributed by atoms with Gasteiger partial charge in [0, 0.05) is 31.0 Å². The van der Waals surface area contributed by atoms with Crippen LogP contribution >= 0.6 is 0 Å². The molecule has 0 aromatic heterocycles. The molecule has 190 valence electrons. The normalized spacial score (nSPS) is 10.9. The molecule has 36 heavy (non-hydrogen) atoms. The van der Waals surface area contributed by atoms with Gasteiger partial charge >= 0.3 is 0 Å². The quantitative estimate of drug-likeness (QED) is 0.186. The highest BCUT2D eigenvalue weighted by Crippen LogP contribution is 2.34. The van der Waals surface area contributed by atoms with E-state index in [1.54, 1.807) is 56.6 Å². The van der Waals surface area contributed by atoms with E-state index in [0.29, 0.717) is 28.9 Å². The van der Waals surface area contributed by atoms with Gasteiger partial charge < -0.3 is 16.0 Å². The van der Waals surface area contributed by atoms with Gasteiger partial charge in [0.25, 0.3) is 5.91 Å². The maximum absolute atomic E-state index is 15.8. The number of aryl methyl sites for hydroxylation is 1. The number of amides is 2. The van der Waals surface area contributed by atoms with Crippen LogP contribution in [0.2, 0.25) is 0 Å². The standard InChI is InChI=1S/C27H30FN3O.C2H5NO/c1-7-11-21(18(5)19(8-2)9-3)22-14-15-23(30-6)24(25(22)28)26(29)27(32)31-20-13-10-12-17(4)16-20;1-3-2-4/h7-8,10-16,29-30H,1,5,9H2,2-4,6H3,(H,31,32);2H,1H3,(H,3,4)/b19-8+,21-11+,29-26?;. The van der Waals surface area contributed by atoms with E-state index in [-0.39, 0.29) is 11.1 Å². The summed E-state index contributed by atoms with van der Waals surface area (Å²) in [4.78, 5) is 21.9. The van der Waals surface area contributed by atoms with Crippen LogP contribution in [0.4, 0.5) is 15.8 Å². The summed E-state index contributed by atoms with van der Waals surface area (Å²) >= 11 is 0. The summed E-state index contributed by atoms with van der Waals surface area (Å²) in [5, 5.41) is 16.3. The summed E-state index contributed by atoms with van der Waals surface area (Å²) in [7, 11) is 3.19. The number of rotatable bonds is 10. The lowest BCUT2D eigenvalue weighted by molar-refractivity contribution is -0.110. The molecule has 2 aromatic carbocycles. The van der Waals surface area contributed by atoms with E-state index in [2.05, 4.69) is 29.1 Å². The monoisotopic (exact) mass is 490 g/mol.